The van der Waals surface area contributed by atoms with Gasteiger partial charge in [-0.2, -0.15) is 0 Å². The van der Waals surface area contributed by atoms with E-state index < -0.39 is 5.91 Å². The van der Waals surface area contributed by atoms with Crippen molar-refractivity contribution in [3.05, 3.63) is 59.3 Å². The molecule has 0 aliphatic carbocycles. The first kappa shape index (κ1) is 14.8. The van der Waals surface area contributed by atoms with Crippen molar-refractivity contribution in [2.24, 2.45) is 0 Å². The molecule has 0 aliphatic rings. The molecule has 0 fully saturated rings. The van der Waals surface area contributed by atoms with E-state index in [-0.39, 0.29) is 11.1 Å². The first-order chi connectivity index (χ1) is 11.1. The van der Waals surface area contributed by atoms with Crippen LogP contribution in [0.3, 0.4) is 0 Å². The molecule has 1 aromatic carbocycles. The molecule has 116 valence electrons. The lowest BCUT2D eigenvalue weighted by atomic mass is 10.1. The van der Waals surface area contributed by atoms with Gasteiger partial charge in [0.25, 0.3) is 5.91 Å². The van der Waals surface area contributed by atoms with Gasteiger partial charge in [0.1, 0.15) is 11.4 Å². The smallest absolute Gasteiger partial charge is 0.262 e. The first-order valence-electron chi connectivity index (χ1n) is 6.99. The van der Waals surface area contributed by atoms with E-state index in [1.165, 1.54) is 7.11 Å². The molecule has 3 aromatic rings. The van der Waals surface area contributed by atoms with Gasteiger partial charge in [0.15, 0.2) is 11.3 Å². The number of para-hydroxylation sites is 1. The van der Waals surface area contributed by atoms with Gasteiger partial charge in [-0.25, -0.2) is 4.98 Å². The van der Waals surface area contributed by atoms with Crippen molar-refractivity contribution in [2.45, 2.75) is 6.92 Å². The number of carbonyl (C=O) groups excluding carboxylic acids is 1. The van der Waals surface area contributed by atoms with Crippen LogP contribution in [0.2, 0.25) is 0 Å². The zero-order chi connectivity index (χ0) is 16.4. The molecule has 0 atom stereocenters. The number of anilines is 1. The highest BCUT2D eigenvalue weighted by Gasteiger charge is 2.14. The summed E-state index contributed by atoms with van der Waals surface area (Å²) in [6.07, 6.45) is 0. The quantitative estimate of drug-likeness (QED) is 0.778. The van der Waals surface area contributed by atoms with Gasteiger partial charge in [-0.05, 0) is 31.2 Å². The second kappa shape index (κ2) is 5.92. The Kier molecular flexibility index (Phi) is 3.80. The molecule has 2 aromatic heterocycles. The maximum atomic E-state index is 12.4. The van der Waals surface area contributed by atoms with Gasteiger partial charge in [0.2, 0.25) is 5.55 Å². The molecule has 1 amide bonds. The minimum absolute atomic E-state index is 0.133. The van der Waals surface area contributed by atoms with E-state index in [9.17, 15) is 4.79 Å². The number of methoxy groups -OCH3 is 1. The van der Waals surface area contributed by atoms with Crippen LogP contribution in [0.1, 0.15) is 16.1 Å². The lowest BCUT2D eigenvalue weighted by Gasteiger charge is -2.08. The van der Waals surface area contributed by atoms with Crippen LogP contribution in [0.4, 0.5) is 5.82 Å². The van der Waals surface area contributed by atoms with E-state index in [0.717, 1.165) is 5.69 Å². The van der Waals surface area contributed by atoms with Crippen LogP contribution < -0.4 is 15.6 Å². The third kappa shape index (κ3) is 2.91. The number of pyridine rings is 1. The predicted molar refractivity (Wildman–Crippen MR) is 85.5 cm³/mol. The third-order valence-electron chi connectivity index (χ3n) is 3.35. The molecule has 0 spiro atoms. The second-order valence-electron chi connectivity index (χ2n) is 4.99. The number of hydrogen-bond acceptors (Lipinski definition) is 5. The number of rotatable bonds is 3. The van der Waals surface area contributed by atoms with Gasteiger partial charge in [-0.15, -0.1) is 0 Å². The van der Waals surface area contributed by atoms with E-state index >= 15 is 0 Å². The van der Waals surface area contributed by atoms with Gasteiger partial charge in [0.05, 0.1) is 7.11 Å². The Hall–Kier alpha value is -3.15. The fourth-order valence-corrected chi connectivity index (χ4v) is 2.26. The number of carbonyl (C=O) groups is 1. The van der Waals surface area contributed by atoms with Crippen molar-refractivity contribution in [3.63, 3.8) is 0 Å². The second-order valence-corrected chi connectivity index (χ2v) is 4.99. The minimum atomic E-state index is -0.443. The Labute approximate surface area is 132 Å². The predicted octanol–water partition coefficient (Wildman–Crippen LogP) is 2.88. The molecule has 0 radical (unpaired) electrons. The average molecular weight is 309 g/mol. The Balaban J connectivity index is 2.01. The van der Waals surface area contributed by atoms with Crippen molar-refractivity contribution in [2.75, 3.05) is 12.4 Å². The summed E-state index contributed by atoms with van der Waals surface area (Å²) in [7, 11) is 1.53. The molecule has 6 heteroatoms. The van der Waals surface area contributed by atoms with Crippen LogP contribution in [-0.4, -0.2) is 18.0 Å². The van der Waals surface area contributed by atoms with E-state index in [1.807, 2.05) is 13.0 Å². The van der Waals surface area contributed by atoms with Crippen molar-refractivity contribution in [1.29, 1.82) is 5.41 Å². The van der Waals surface area contributed by atoms with E-state index in [0.29, 0.717) is 22.5 Å². The summed E-state index contributed by atoms with van der Waals surface area (Å²) in [6, 6.07) is 12.3. The number of ether oxygens (including phenoxy) is 1. The summed E-state index contributed by atoms with van der Waals surface area (Å²) in [5.41, 5.74) is 1.13. The number of nitrogens with one attached hydrogen (secondary N) is 2. The maximum absolute atomic E-state index is 12.4. The molecule has 0 aliphatic heterocycles. The van der Waals surface area contributed by atoms with Gasteiger partial charge >= 0.3 is 0 Å². The van der Waals surface area contributed by atoms with Crippen molar-refractivity contribution < 1.29 is 13.9 Å². The third-order valence-corrected chi connectivity index (χ3v) is 3.35. The molecule has 23 heavy (non-hydrogen) atoms. The van der Waals surface area contributed by atoms with E-state index in [4.69, 9.17) is 14.6 Å². The number of aryl methyl sites for hydroxylation is 1. The number of amides is 1. The van der Waals surface area contributed by atoms with Crippen LogP contribution in [-0.2, 0) is 0 Å². The van der Waals surface area contributed by atoms with Crippen LogP contribution >= 0.6 is 0 Å². The molecule has 2 N–H and O–H groups in total. The van der Waals surface area contributed by atoms with Gasteiger partial charge in [-0.3, -0.25) is 10.2 Å². The molecule has 0 unspecified atom stereocenters. The zero-order valence-corrected chi connectivity index (χ0v) is 12.7. The fraction of sp³-hybridized carbons (Fsp3) is 0.118. The lowest BCUT2D eigenvalue weighted by Crippen LogP contribution is -2.21. The zero-order valence-electron chi connectivity index (χ0n) is 12.7. The summed E-state index contributed by atoms with van der Waals surface area (Å²) in [5, 5.41) is 11.3. The number of fused-ring (bicyclic) bond motifs is 1. The molecule has 2 heterocycles. The molecule has 3 rings (SSSR count). The Morgan fingerprint density at radius 1 is 1.26 bits per heavy atom. The summed E-state index contributed by atoms with van der Waals surface area (Å²) >= 11 is 0. The molecular formula is C17H15N3O3. The summed E-state index contributed by atoms with van der Waals surface area (Å²) in [5.74, 6) is 0.505. The highest BCUT2D eigenvalue weighted by molar-refractivity contribution is 6.05. The summed E-state index contributed by atoms with van der Waals surface area (Å²) < 4.78 is 10.7. The van der Waals surface area contributed by atoms with Crippen molar-refractivity contribution >= 4 is 22.7 Å². The summed E-state index contributed by atoms with van der Waals surface area (Å²) in [4.78, 5) is 16.6. The Morgan fingerprint density at radius 3 is 2.78 bits per heavy atom. The fourth-order valence-electron chi connectivity index (χ4n) is 2.26. The largest absolute Gasteiger partial charge is 0.493 e. The Morgan fingerprint density at radius 2 is 2.04 bits per heavy atom. The van der Waals surface area contributed by atoms with Gasteiger partial charge in [0, 0.05) is 11.1 Å². The SMILES string of the molecule is COc1cccc2cc(C(=O)Nc3cccc(C)n3)c(=N)oc12. The minimum Gasteiger partial charge on any atom is -0.493 e. The first-order valence-corrected chi connectivity index (χ1v) is 6.99. The van der Waals surface area contributed by atoms with E-state index in [1.54, 1.807) is 36.4 Å². The topological polar surface area (TPSA) is 88.2 Å². The highest BCUT2D eigenvalue weighted by Crippen LogP contribution is 2.24. The highest BCUT2D eigenvalue weighted by atomic mass is 16.5. The normalized spacial score (nSPS) is 10.5. The molecule has 0 bridgehead atoms. The number of nitrogens with zero attached hydrogens (tertiary/aromatic N) is 1. The van der Waals surface area contributed by atoms with Crippen LogP contribution in [0.25, 0.3) is 11.0 Å². The average Bonchev–Trinajstić information content (AvgIpc) is 2.53. The lowest BCUT2D eigenvalue weighted by molar-refractivity contribution is 0.102. The Bertz CT molecular complexity index is 947. The van der Waals surface area contributed by atoms with Crippen molar-refractivity contribution in [3.8, 4) is 5.75 Å². The van der Waals surface area contributed by atoms with Crippen LogP contribution in [0.15, 0.2) is 46.9 Å². The molecule has 0 saturated carbocycles. The van der Waals surface area contributed by atoms with Gasteiger partial charge in [-0.1, -0.05) is 18.2 Å². The molecule has 0 saturated heterocycles. The van der Waals surface area contributed by atoms with Crippen LogP contribution in [0, 0.1) is 12.3 Å². The maximum Gasteiger partial charge on any atom is 0.262 e. The molecular weight excluding hydrogens is 294 g/mol. The van der Waals surface area contributed by atoms with Crippen molar-refractivity contribution in [1.82, 2.24) is 4.98 Å². The number of hydrogen-bond donors (Lipinski definition) is 2. The standard InChI is InChI=1S/C17H15N3O3/c1-10-5-3-8-14(19-10)20-17(21)12-9-11-6-4-7-13(22-2)15(11)23-16(12)18/h3-9,18H,1-2H3,(H,19,20,21). The summed E-state index contributed by atoms with van der Waals surface area (Å²) in [6.45, 7) is 1.84. The monoisotopic (exact) mass is 309 g/mol. The van der Waals surface area contributed by atoms with Gasteiger partial charge < -0.3 is 14.5 Å². The van der Waals surface area contributed by atoms with Crippen LogP contribution in [0.5, 0.6) is 5.75 Å². The van der Waals surface area contributed by atoms with E-state index in [2.05, 4.69) is 10.3 Å². The number of benzene rings is 1. The number of aromatic nitrogens is 1. The molecule has 6 nitrogen and oxygen atoms in total.